The Balaban J connectivity index is 2.01. The minimum atomic E-state index is 0.531. The fourth-order valence-electron chi connectivity index (χ4n) is 3.33. The van der Waals surface area contributed by atoms with Gasteiger partial charge in [0.05, 0.1) is 0 Å². The highest BCUT2D eigenvalue weighted by Gasteiger charge is 2.33. The maximum Gasteiger partial charge on any atom is 0.00110 e. The molecule has 1 N–H and O–H groups in total. The van der Waals surface area contributed by atoms with E-state index in [4.69, 9.17) is 0 Å². The zero-order valence-electron chi connectivity index (χ0n) is 12.0. The molecule has 0 saturated heterocycles. The van der Waals surface area contributed by atoms with E-state index in [0.717, 1.165) is 6.54 Å². The van der Waals surface area contributed by atoms with Crippen molar-refractivity contribution in [1.29, 1.82) is 0 Å². The number of hydrogen-bond acceptors (Lipinski definition) is 1. The van der Waals surface area contributed by atoms with Gasteiger partial charge in [-0.05, 0) is 50.1 Å². The van der Waals surface area contributed by atoms with Gasteiger partial charge in [0.1, 0.15) is 0 Å². The molecule has 0 heterocycles. The van der Waals surface area contributed by atoms with Gasteiger partial charge in [0.2, 0.25) is 0 Å². The summed E-state index contributed by atoms with van der Waals surface area (Å²) in [6.45, 7) is 6.80. The van der Waals surface area contributed by atoms with E-state index in [1.807, 2.05) is 0 Å². The summed E-state index contributed by atoms with van der Waals surface area (Å²) in [5, 5.41) is 3.65. The molecular formula is C17H27N. The average molecular weight is 245 g/mol. The lowest BCUT2D eigenvalue weighted by Crippen LogP contribution is -2.34. The second kappa shape index (κ2) is 6.38. The molecule has 0 spiro atoms. The molecule has 18 heavy (non-hydrogen) atoms. The zero-order chi connectivity index (χ0) is 12.8. The van der Waals surface area contributed by atoms with E-state index in [0.29, 0.717) is 5.41 Å². The van der Waals surface area contributed by atoms with Crippen molar-refractivity contribution in [2.45, 2.75) is 52.4 Å². The molecule has 0 aliphatic heterocycles. The summed E-state index contributed by atoms with van der Waals surface area (Å²) in [7, 11) is 0. The van der Waals surface area contributed by atoms with Gasteiger partial charge in [0.25, 0.3) is 0 Å². The van der Waals surface area contributed by atoms with E-state index in [1.54, 1.807) is 0 Å². The molecule has 100 valence electrons. The molecular weight excluding hydrogens is 218 g/mol. The van der Waals surface area contributed by atoms with Crippen molar-refractivity contribution in [1.82, 2.24) is 5.32 Å². The molecule has 1 nitrogen and oxygen atoms in total. The largest absolute Gasteiger partial charge is 0.316 e. The van der Waals surface area contributed by atoms with E-state index >= 15 is 0 Å². The van der Waals surface area contributed by atoms with Gasteiger partial charge in [-0.2, -0.15) is 0 Å². The van der Waals surface area contributed by atoms with Crippen molar-refractivity contribution in [2.75, 3.05) is 13.1 Å². The molecule has 0 aromatic heterocycles. The van der Waals surface area contributed by atoms with E-state index < -0.39 is 0 Å². The Bertz CT molecular complexity index is 364. The number of aryl methyl sites for hydroxylation is 1. The van der Waals surface area contributed by atoms with Crippen LogP contribution in [0.2, 0.25) is 0 Å². The predicted molar refractivity (Wildman–Crippen MR) is 78.9 cm³/mol. The highest BCUT2D eigenvalue weighted by Crippen LogP contribution is 2.40. The second-order valence-electron chi connectivity index (χ2n) is 6.05. The SMILES string of the molecule is CCCNCC1(Cc2cccc(C)c2)CCCC1. The van der Waals surface area contributed by atoms with Crippen LogP contribution in [0.15, 0.2) is 24.3 Å². The molecule has 1 aromatic carbocycles. The summed E-state index contributed by atoms with van der Waals surface area (Å²) in [5.74, 6) is 0. The van der Waals surface area contributed by atoms with Crippen molar-refractivity contribution in [2.24, 2.45) is 5.41 Å². The van der Waals surface area contributed by atoms with Gasteiger partial charge in [-0.25, -0.2) is 0 Å². The highest BCUT2D eigenvalue weighted by molar-refractivity contribution is 5.23. The number of benzene rings is 1. The average Bonchev–Trinajstić information content (AvgIpc) is 2.78. The Morgan fingerprint density at radius 2 is 2.00 bits per heavy atom. The molecule has 0 radical (unpaired) electrons. The first kappa shape index (κ1) is 13.6. The van der Waals surface area contributed by atoms with Crippen LogP contribution in [-0.4, -0.2) is 13.1 Å². The Morgan fingerprint density at radius 3 is 2.67 bits per heavy atom. The van der Waals surface area contributed by atoms with Crippen LogP contribution in [0.1, 0.15) is 50.2 Å². The van der Waals surface area contributed by atoms with Crippen molar-refractivity contribution in [3.63, 3.8) is 0 Å². The second-order valence-corrected chi connectivity index (χ2v) is 6.05. The van der Waals surface area contributed by atoms with Crippen molar-refractivity contribution in [3.05, 3.63) is 35.4 Å². The minimum absolute atomic E-state index is 0.531. The lowest BCUT2D eigenvalue weighted by Gasteiger charge is -2.30. The first-order chi connectivity index (χ1) is 8.74. The smallest absolute Gasteiger partial charge is 0.00110 e. The van der Waals surface area contributed by atoms with Gasteiger partial charge < -0.3 is 5.32 Å². The van der Waals surface area contributed by atoms with E-state index in [-0.39, 0.29) is 0 Å². The lowest BCUT2D eigenvalue weighted by atomic mass is 9.79. The van der Waals surface area contributed by atoms with Crippen LogP contribution in [0, 0.1) is 12.3 Å². The van der Waals surface area contributed by atoms with Crippen molar-refractivity contribution in [3.8, 4) is 0 Å². The summed E-state index contributed by atoms with van der Waals surface area (Å²) >= 11 is 0. The number of nitrogens with one attached hydrogen (secondary N) is 1. The first-order valence-corrected chi connectivity index (χ1v) is 7.50. The summed E-state index contributed by atoms with van der Waals surface area (Å²) in [6, 6.07) is 9.06. The van der Waals surface area contributed by atoms with Crippen LogP contribution in [-0.2, 0) is 6.42 Å². The Morgan fingerprint density at radius 1 is 1.22 bits per heavy atom. The standard InChI is InChI=1S/C17H27N/c1-3-11-18-14-17(9-4-5-10-17)13-16-8-6-7-15(2)12-16/h6-8,12,18H,3-5,9-11,13-14H2,1-2H3. The van der Waals surface area contributed by atoms with Crippen LogP contribution in [0.5, 0.6) is 0 Å². The fraction of sp³-hybridized carbons (Fsp3) is 0.647. The monoisotopic (exact) mass is 245 g/mol. The van der Waals surface area contributed by atoms with Gasteiger partial charge in [0, 0.05) is 6.54 Å². The Hall–Kier alpha value is -0.820. The summed E-state index contributed by atoms with van der Waals surface area (Å²) in [6.07, 6.45) is 8.13. The van der Waals surface area contributed by atoms with E-state index in [2.05, 4.69) is 43.4 Å². The van der Waals surface area contributed by atoms with Gasteiger partial charge in [-0.3, -0.25) is 0 Å². The quantitative estimate of drug-likeness (QED) is 0.744. The lowest BCUT2D eigenvalue weighted by molar-refractivity contribution is 0.278. The molecule has 1 heteroatoms. The van der Waals surface area contributed by atoms with Gasteiger partial charge in [-0.15, -0.1) is 0 Å². The number of hydrogen-bond donors (Lipinski definition) is 1. The van der Waals surface area contributed by atoms with Crippen LogP contribution < -0.4 is 5.32 Å². The third-order valence-corrected chi connectivity index (χ3v) is 4.25. The predicted octanol–water partition coefficient (Wildman–Crippen LogP) is 4.10. The molecule has 1 fully saturated rings. The van der Waals surface area contributed by atoms with Crippen LogP contribution in [0.3, 0.4) is 0 Å². The molecule has 0 unspecified atom stereocenters. The van der Waals surface area contributed by atoms with Gasteiger partial charge in [-0.1, -0.05) is 49.6 Å². The molecule has 1 aliphatic carbocycles. The molecule has 0 amide bonds. The highest BCUT2D eigenvalue weighted by atomic mass is 14.9. The summed E-state index contributed by atoms with van der Waals surface area (Å²) in [5.41, 5.74) is 3.44. The zero-order valence-corrected chi connectivity index (χ0v) is 12.0. The topological polar surface area (TPSA) is 12.0 Å². The first-order valence-electron chi connectivity index (χ1n) is 7.50. The maximum absolute atomic E-state index is 3.65. The van der Waals surface area contributed by atoms with Crippen LogP contribution >= 0.6 is 0 Å². The molecule has 0 atom stereocenters. The van der Waals surface area contributed by atoms with Crippen molar-refractivity contribution >= 4 is 0 Å². The Labute approximate surface area is 112 Å². The van der Waals surface area contributed by atoms with Crippen LogP contribution in [0.4, 0.5) is 0 Å². The molecule has 1 aromatic rings. The normalized spacial score (nSPS) is 18.1. The van der Waals surface area contributed by atoms with Crippen molar-refractivity contribution < 1.29 is 0 Å². The summed E-state index contributed by atoms with van der Waals surface area (Å²) in [4.78, 5) is 0. The molecule has 2 rings (SSSR count). The van der Waals surface area contributed by atoms with Gasteiger partial charge in [0.15, 0.2) is 0 Å². The number of rotatable bonds is 6. The Kier molecular flexibility index (Phi) is 4.82. The van der Waals surface area contributed by atoms with Gasteiger partial charge >= 0.3 is 0 Å². The third-order valence-electron chi connectivity index (χ3n) is 4.25. The molecule has 1 aliphatic rings. The maximum atomic E-state index is 3.65. The molecule has 0 bridgehead atoms. The minimum Gasteiger partial charge on any atom is -0.316 e. The van der Waals surface area contributed by atoms with E-state index in [9.17, 15) is 0 Å². The fourth-order valence-corrected chi connectivity index (χ4v) is 3.33. The molecule has 1 saturated carbocycles. The van der Waals surface area contributed by atoms with E-state index in [1.165, 1.54) is 56.2 Å². The third kappa shape index (κ3) is 3.58. The summed E-state index contributed by atoms with van der Waals surface area (Å²) < 4.78 is 0. The van der Waals surface area contributed by atoms with Crippen LogP contribution in [0.25, 0.3) is 0 Å².